The van der Waals surface area contributed by atoms with E-state index in [1.54, 1.807) is 6.92 Å². The molecule has 94 valence electrons. The highest BCUT2D eigenvalue weighted by atomic mass is 32.1. The summed E-state index contributed by atoms with van der Waals surface area (Å²) < 4.78 is 1.95. The van der Waals surface area contributed by atoms with Crippen LogP contribution >= 0.6 is 12.8 Å². The van der Waals surface area contributed by atoms with Crippen LogP contribution in [0.25, 0.3) is 0 Å². The maximum atomic E-state index is 11.1. The van der Waals surface area contributed by atoms with Crippen molar-refractivity contribution in [1.82, 2.24) is 9.62 Å². The van der Waals surface area contributed by atoms with Crippen molar-refractivity contribution in [3.8, 4) is 0 Å². The lowest BCUT2D eigenvalue weighted by Crippen LogP contribution is -2.40. The lowest BCUT2D eigenvalue weighted by atomic mass is 9.89. The summed E-state index contributed by atoms with van der Waals surface area (Å²) in [6.07, 6.45) is 3.74. The second kappa shape index (κ2) is 5.92. The lowest BCUT2D eigenvalue weighted by Gasteiger charge is -2.29. The van der Waals surface area contributed by atoms with Gasteiger partial charge >= 0.3 is 0 Å². The Kier molecular flexibility index (Phi) is 5.12. The highest BCUT2D eigenvalue weighted by molar-refractivity contribution is 7.77. The molecule has 3 atom stereocenters. The van der Waals surface area contributed by atoms with Crippen LogP contribution in [0.4, 0.5) is 0 Å². The number of amides is 1. The normalized spacial score (nSPS) is 21.6. The number of hydrogen-bond donors (Lipinski definition) is 2. The summed E-state index contributed by atoms with van der Waals surface area (Å²) in [4.78, 5) is 11.1. The van der Waals surface area contributed by atoms with Crippen LogP contribution in [-0.2, 0) is 4.79 Å². The molecular weight excluding hydrogens is 220 g/mol. The number of hydrogen-bond acceptors (Lipinski definition) is 3. The van der Waals surface area contributed by atoms with Gasteiger partial charge in [-0.15, -0.1) is 0 Å². The minimum atomic E-state index is 0.0741. The van der Waals surface area contributed by atoms with Gasteiger partial charge in [0.2, 0.25) is 5.91 Å². The Bertz CT molecular complexity index is 241. The molecule has 1 fully saturated rings. The van der Waals surface area contributed by atoms with Gasteiger partial charge in [0.25, 0.3) is 0 Å². The maximum absolute atomic E-state index is 11.1. The van der Waals surface area contributed by atoms with Crippen LogP contribution in [0.1, 0.15) is 40.0 Å². The quantitative estimate of drug-likeness (QED) is 0.701. The van der Waals surface area contributed by atoms with Crippen LogP contribution in [0, 0.1) is 11.8 Å². The zero-order chi connectivity index (χ0) is 12.3. The van der Waals surface area contributed by atoms with Crippen molar-refractivity contribution in [2.45, 2.75) is 52.1 Å². The Morgan fingerprint density at radius 2 is 2.06 bits per heavy atom. The number of nitrogens with one attached hydrogen (secondary N) is 1. The Hall–Kier alpha value is -0.220. The van der Waals surface area contributed by atoms with Gasteiger partial charge in [-0.25, -0.2) is 0 Å². The largest absolute Gasteiger partial charge is 0.354 e. The Morgan fingerprint density at radius 1 is 1.50 bits per heavy atom. The molecule has 4 heteroatoms. The van der Waals surface area contributed by atoms with E-state index in [0.29, 0.717) is 12.0 Å². The van der Waals surface area contributed by atoms with Gasteiger partial charge in [0, 0.05) is 19.0 Å². The summed E-state index contributed by atoms with van der Waals surface area (Å²) in [6.45, 7) is 5.90. The molecule has 0 aromatic heterocycles. The third-order valence-corrected chi connectivity index (χ3v) is 3.95. The topological polar surface area (TPSA) is 32.3 Å². The fourth-order valence-electron chi connectivity index (χ4n) is 2.30. The van der Waals surface area contributed by atoms with Crippen molar-refractivity contribution in [2.75, 3.05) is 7.05 Å². The van der Waals surface area contributed by atoms with Gasteiger partial charge in [-0.05, 0) is 52.0 Å². The smallest absolute Gasteiger partial charge is 0.217 e. The highest BCUT2D eigenvalue weighted by Gasteiger charge is 2.36. The molecule has 3 unspecified atom stereocenters. The fraction of sp³-hybridized carbons (Fsp3) is 0.917. The molecule has 0 bridgehead atoms. The number of thiol groups is 1. The van der Waals surface area contributed by atoms with Gasteiger partial charge in [0.05, 0.1) is 0 Å². The molecule has 3 nitrogen and oxygen atoms in total. The van der Waals surface area contributed by atoms with E-state index < -0.39 is 0 Å². The third kappa shape index (κ3) is 4.34. The molecule has 1 aliphatic carbocycles. The standard InChI is InChI=1S/C12H24N2OS/c1-8(14(4)16)7-12(11-5-6-11)9(2)13-10(3)15/h8-9,11-12,16H,5-7H2,1-4H3,(H,13,15). The Labute approximate surface area is 105 Å². The molecule has 0 aromatic carbocycles. The van der Waals surface area contributed by atoms with Crippen molar-refractivity contribution in [2.24, 2.45) is 11.8 Å². The average Bonchev–Trinajstić information content (AvgIpc) is 2.95. The molecule has 1 rings (SSSR count). The van der Waals surface area contributed by atoms with Crippen LogP contribution in [-0.4, -0.2) is 29.3 Å². The molecule has 0 heterocycles. The van der Waals surface area contributed by atoms with E-state index in [4.69, 9.17) is 0 Å². The predicted molar refractivity (Wildman–Crippen MR) is 70.3 cm³/mol. The summed E-state index contributed by atoms with van der Waals surface area (Å²) in [5, 5.41) is 3.03. The molecule has 1 aliphatic rings. The van der Waals surface area contributed by atoms with Crippen molar-refractivity contribution in [3.63, 3.8) is 0 Å². The molecule has 1 saturated carbocycles. The van der Waals surface area contributed by atoms with Crippen LogP contribution in [0.15, 0.2) is 0 Å². The first-order chi connectivity index (χ1) is 7.41. The second-order valence-corrected chi connectivity index (χ2v) is 5.78. The Balaban J connectivity index is 2.50. The number of nitrogens with zero attached hydrogens (tertiary/aromatic N) is 1. The summed E-state index contributed by atoms with van der Waals surface area (Å²) in [7, 11) is 1.99. The minimum absolute atomic E-state index is 0.0741. The monoisotopic (exact) mass is 244 g/mol. The SMILES string of the molecule is CC(=O)NC(C)C(CC(C)N(C)S)C1CC1. The fourth-order valence-corrected chi connectivity index (χ4v) is 2.40. The van der Waals surface area contributed by atoms with E-state index in [-0.39, 0.29) is 11.9 Å². The van der Waals surface area contributed by atoms with E-state index in [2.05, 4.69) is 32.0 Å². The van der Waals surface area contributed by atoms with Gasteiger partial charge < -0.3 is 5.32 Å². The van der Waals surface area contributed by atoms with Gasteiger partial charge in [0.1, 0.15) is 0 Å². The first-order valence-corrected chi connectivity index (χ1v) is 6.50. The maximum Gasteiger partial charge on any atom is 0.217 e. The summed E-state index contributed by atoms with van der Waals surface area (Å²) in [5.41, 5.74) is 0. The van der Waals surface area contributed by atoms with E-state index >= 15 is 0 Å². The molecule has 1 amide bonds. The van der Waals surface area contributed by atoms with Gasteiger partial charge in [0.15, 0.2) is 0 Å². The van der Waals surface area contributed by atoms with Crippen molar-refractivity contribution in [1.29, 1.82) is 0 Å². The molecular formula is C12H24N2OS. The molecule has 0 spiro atoms. The van der Waals surface area contributed by atoms with Crippen LogP contribution < -0.4 is 5.32 Å². The molecule has 0 saturated heterocycles. The van der Waals surface area contributed by atoms with E-state index in [1.807, 2.05) is 11.4 Å². The van der Waals surface area contributed by atoms with Crippen molar-refractivity contribution >= 4 is 18.7 Å². The number of carbonyl (C=O) groups excluding carboxylic acids is 1. The minimum Gasteiger partial charge on any atom is -0.354 e. The zero-order valence-electron chi connectivity index (χ0n) is 10.7. The zero-order valence-corrected chi connectivity index (χ0v) is 11.6. The highest BCUT2D eigenvalue weighted by Crippen LogP contribution is 2.41. The van der Waals surface area contributed by atoms with Crippen LogP contribution in [0.5, 0.6) is 0 Å². The van der Waals surface area contributed by atoms with Gasteiger partial charge in [-0.2, -0.15) is 0 Å². The molecule has 16 heavy (non-hydrogen) atoms. The van der Waals surface area contributed by atoms with Gasteiger partial charge in [-0.1, -0.05) is 12.8 Å². The lowest BCUT2D eigenvalue weighted by molar-refractivity contribution is -0.120. The van der Waals surface area contributed by atoms with E-state index in [1.165, 1.54) is 12.8 Å². The molecule has 0 aliphatic heterocycles. The van der Waals surface area contributed by atoms with Gasteiger partial charge in [-0.3, -0.25) is 9.10 Å². The van der Waals surface area contributed by atoms with E-state index in [9.17, 15) is 4.79 Å². The first-order valence-electron chi connectivity index (χ1n) is 6.10. The summed E-state index contributed by atoms with van der Waals surface area (Å²) in [5.74, 6) is 1.47. The summed E-state index contributed by atoms with van der Waals surface area (Å²) >= 11 is 4.34. The van der Waals surface area contributed by atoms with Crippen molar-refractivity contribution in [3.05, 3.63) is 0 Å². The predicted octanol–water partition coefficient (Wildman–Crippen LogP) is 2.09. The van der Waals surface area contributed by atoms with Crippen LogP contribution in [0.3, 0.4) is 0 Å². The first kappa shape index (κ1) is 13.8. The Morgan fingerprint density at radius 3 is 2.44 bits per heavy atom. The second-order valence-electron chi connectivity index (χ2n) is 5.15. The summed E-state index contributed by atoms with van der Waals surface area (Å²) in [6, 6.07) is 0.728. The molecule has 1 N–H and O–H groups in total. The number of rotatable bonds is 6. The van der Waals surface area contributed by atoms with Crippen LogP contribution in [0.2, 0.25) is 0 Å². The average molecular weight is 244 g/mol. The molecule has 0 radical (unpaired) electrons. The van der Waals surface area contributed by atoms with E-state index in [0.717, 1.165) is 12.3 Å². The number of carbonyl (C=O) groups is 1. The van der Waals surface area contributed by atoms with Crippen molar-refractivity contribution < 1.29 is 4.79 Å². The third-order valence-electron chi connectivity index (χ3n) is 3.55. The molecule has 0 aromatic rings.